The van der Waals surface area contributed by atoms with Crippen LogP contribution in [0.2, 0.25) is 0 Å². The Morgan fingerprint density at radius 2 is 1.93 bits per heavy atom. The molecule has 1 unspecified atom stereocenters. The Morgan fingerprint density at radius 1 is 1.43 bits per heavy atom. The molecule has 0 aliphatic carbocycles. The lowest BCUT2D eigenvalue weighted by Crippen LogP contribution is -2.42. The number of carbonyl (C=O) groups is 2. The summed E-state index contributed by atoms with van der Waals surface area (Å²) in [4.78, 5) is 21.1. The van der Waals surface area contributed by atoms with Crippen LogP contribution in [0.4, 0.5) is 13.2 Å². The summed E-state index contributed by atoms with van der Waals surface area (Å²) in [5.74, 6) is -2.74. The van der Waals surface area contributed by atoms with Crippen LogP contribution < -0.4 is 5.32 Å². The quantitative estimate of drug-likeness (QED) is 0.741. The summed E-state index contributed by atoms with van der Waals surface area (Å²) in [5.41, 5.74) is 0. The Hall–Kier alpha value is -0.780. The van der Waals surface area contributed by atoms with E-state index in [0.717, 1.165) is 0 Å². The Kier molecular flexibility index (Phi) is 4.90. The van der Waals surface area contributed by atoms with Gasteiger partial charge in [0.15, 0.2) is 0 Å². The first-order valence-corrected chi connectivity index (χ1v) is 4.26. The third-order valence-corrected chi connectivity index (χ3v) is 1.62. The molecule has 82 valence electrons. The molecule has 0 aromatic rings. The number of hydrogen-bond acceptors (Lipinski definition) is 2. The van der Waals surface area contributed by atoms with E-state index in [1.54, 1.807) is 5.32 Å². The molecule has 0 radical (unpaired) electrons. The highest BCUT2D eigenvalue weighted by Gasteiger charge is 2.39. The molecule has 0 aromatic heterocycles. The van der Waals surface area contributed by atoms with Gasteiger partial charge in [-0.25, -0.2) is 0 Å². The SMILES string of the molecule is CC(CC(=O)CCl)NC(=O)C(F)(F)F. The van der Waals surface area contributed by atoms with Crippen molar-refractivity contribution < 1.29 is 22.8 Å². The number of alkyl halides is 4. The average Bonchev–Trinajstić information content (AvgIpc) is 2.02. The van der Waals surface area contributed by atoms with Gasteiger partial charge in [0.2, 0.25) is 0 Å². The van der Waals surface area contributed by atoms with E-state index < -0.39 is 23.9 Å². The second-order valence-corrected chi connectivity index (χ2v) is 3.02. The Labute approximate surface area is 83.6 Å². The van der Waals surface area contributed by atoms with Crippen molar-refractivity contribution in [1.29, 1.82) is 0 Å². The third kappa shape index (κ3) is 5.06. The van der Waals surface area contributed by atoms with Crippen molar-refractivity contribution in [2.24, 2.45) is 0 Å². The smallest absolute Gasteiger partial charge is 0.345 e. The minimum atomic E-state index is -4.92. The molecule has 0 spiro atoms. The first-order valence-electron chi connectivity index (χ1n) is 3.72. The molecule has 0 aromatic carbocycles. The maximum absolute atomic E-state index is 11.7. The molecule has 1 N–H and O–H groups in total. The van der Waals surface area contributed by atoms with Gasteiger partial charge >= 0.3 is 12.1 Å². The van der Waals surface area contributed by atoms with Crippen LogP contribution in [0.3, 0.4) is 0 Å². The van der Waals surface area contributed by atoms with E-state index in [0.29, 0.717) is 0 Å². The summed E-state index contributed by atoms with van der Waals surface area (Å²) in [6.07, 6.45) is -5.12. The highest BCUT2D eigenvalue weighted by molar-refractivity contribution is 6.27. The van der Waals surface area contributed by atoms with E-state index >= 15 is 0 Å². The van der Waals surface area contributed by atoms with E-state index in [1.165, 1.54) is 6.92 Å². The molecule has 0 fully saturated rings. The van der Waals surface area contributed by atoms with Gasteiger partial charge < -0.3 is 5.32 Å². The second-order valence-electron chi connectivity index (χ2n) is 2.75. The molecule has 3 nitrogen and oxygen atoms in total. The van der Waals surface area contributed by atoms with Gasteiger partial charge in [-0.3, -0.25) is 9.59 Å². The summed E-state index contributed by atoms with van der Waals surface area (Å²) in [7, 11) is 0. The number of amides is 1. The Morgan fingerprint density at radius 3 is 2.29 bits per heavy atom. The van der Waals surface area contributed by atoms with Gasteiger partial charge in [-0.05, 0) is 6.92 Å². The summed E-state index contributed by atoms with van der Waals surface area (Å²) in [6.45, 7) is 1.30. The molecular formula is C7H9ClF3NO2. The largest absolute Gasteiger partial charge is 0.471 e. The van der Waals surface area contributed by atoms with Gasteiger partial charge in [0, 0.05) is 12.5 Å². The standard InChI is InChI=1S/C7H9ClF3NO2/c1-4(2-5(13)3-8)12-6(14)7(9,10)11/h4H,2-3H2,1H3,(H,12,14). The normalized spacial score (nSPS) is 13.5. The second kappa shape index (κ2) is 5.19. The van der Waals surface area contributed by atoms with Crippen LogP contribution in [-0.4, -0.2) is 29.8 Å². The third-order valence-electron chi connectivity index (χ3n) is 1.32. The molecule has 7 heteroatoms. The van der Waals surface area contributed by atoms with Gasteiger partial charge in [0.05, 0.1) is 5.88 Å². The van der Waals surface area contributed by atoms with Crippen molar-refractivity contribution in [1.82, 2.24) is 5.32 Å². The highest BCUT2D eigenvalue weighted by Crippen LogP contribution is 2.14. The van der Waals surface area contributed by atoms with Crippen molar-refractivity contribution in [3.63, 3.8) is 0 Å². The van der Waals surface area contributed by atoms with Crippen LogP contribution in [0.1, 0.15) is 13.3 Å². The highest BCUT2D eigenvalue weighted by atomic mass is 35.5. The van der Waals surface area contributed by atoms with Crippen LogP contribution in [0, 0.1) is 0 Å². The first kappa shape index (κ1) is 13.2. The fourth-order valence-electron chi connectivity index (χ4n) is 0.753. The lowest BCUT2D eigenvalue weighted by molar-refractivity contribution is -0.174. The van der Waals surface area contributed by atoms with Crippen LogP contribution in [-0.2, 0) is 9.59 Å². The van der Waals surface area contributed by atoms with Gasteiger partial charge in [-0.15, -0.1) is 11.6 Å². The summed E-state index contributed by atoms with van der Waals surface area (Å²) in [5, 5.41) is 1.64. The van der Waals surface area contributed by atoms with E-state index in [9.17, 15) is 22.8 Å². The number of hydrogen-bond donors (Lipinski definition) is 1. The minimum absolute atomic E-state index is 0.203. The van der Waals surface area contributed by atoms with E-state index in [1.807, 2.05) is 0 Å². The molecule has 0 rings (SSSR count). The fraction of sp³-hybridized carbons (Fsp3) is 0.714. The zero-order valence-electron chi connectivity index (χ0n) is 7.32. The topological polar surface area (TPSA) is 46.2 Å². The number of carbonyl (C=O) groups excluding carboxylic acids is 2. The van der Waals surface area contributed by atoms with Crippen molar-refractivity contribution in [3.05, 3.63) is 0 Å². The lowest BCUT2D eigenvalue weighted by atomic mass is 10.2. The maximum Gasteiger partial charge on any atom is 0.471 e. The number of ketones is 1. The summed E-state index contributed by atoms with van der Waals surface area (Å²) < 4.78 is 35.1. The minimum Gasteiger partial charge on any atom is -0.345 e. The molecular weight excluding hydrogens is 223 g/mol. The molecule has 0 saturated carbocycles. The van der Waals surface area contributed by atoms with Gasteiger partial charge in [0.1, 0.15) is 5.78 Å². The molecule has 0 bridgehead atoms. The van der Waals surface area contributed by atoms with Crippen LogP contribution in [0.25, 0.3) is 0 Å². The Balaban J connectivity index is 4.01. The number of Topliss-reactive ketones (excluding diaryl/α,β-unsaturated/α-hetero) is 1. The summed E-state index contributed by atoms with van der Waals surface area (Å²) in [6, 6.07) is -0.865. The number of halogens is 4. The molecule has 0 aliphatic rings. The monoisotopic (exact) mass is 231 g/mol. The molecule has 14 heavy (non-hydrogen) atoms. The molecule has 0 heterocycles. The predicted molar refractivity (Wildman–Crippen MR) is 44.0 cm³/mol. The van der Waals surface area contributed by atoms with Gasteiger partial charge in [0.25, 0.3) is 0 Å². The van der Waals surface area contributed by atoms with Gasteiger partial charge in [-0.1, -0.05) is 0 Å². The van der Waals surface area contributed by atoms with E-state index in [-0.39, 0.29) is 12.3 Å². The van der Waals surface area contributed by atoms with Crippen molar-refractivity contribution in [2.45, 2.75) is 25.6 Å². The van der Waals surface area contributed by atoms with Crippen molar-refractivity contribution >= 4 is 23.3 Å². The van der Waals surface area contributed by atoms with Crippen molar-refractivity contribution in [2.75, 3.05) is 5.88 Å². The molecule has 1 atom stereocenters. The molecule has 1 amide bonds. The van der Waals surface area contributed by atoms with Crippen LogP contribution >= 0.6 is 11.6 Å². The van der Waals surface area contributed by atoms with Crippen LogP contribution in [0.5, 0.6) is 0 Å². The summed E-state index contributed by atoms with van der Waals surface area (Å²) >= 11 is 5.14. The molecule has 0 aliphatic heterocycles. The number of nitrogens with one attached hydrogen (secondary N) is 1. The number of rotatable bonds is 4. The van der Waals surface area contributed by atoms with E-state index in [4.69, 9.17) is 11.6 Å². The van der Waals surface area contributed by atoms with Crippen molar-refractivity contribution in [3.8, 4) is 0 Å². The zero-order chi connectivity index (χ0) is 11.4. The van der Waals surface area contributed by atoms with Gasteiger partial charge in [-0.2, -0.15) is 13.2 Å². The van der Waals surface area contributed by atoms with E-state index in [2.05, 4.69) is 0 Å². The maximum atomic E-state index is 11.7. The average molecular weight is 232 g/mol. The Bertz CT molecular complexity index is 229. The molecule has 0 saturated heterocycles. The zero-order valence-corrected chi connectivity index (χ0v) is 8.08. The first-order chi connectivity index (χ1) is 6.27. The predicted octanol–water partition coefficient (Wildman–Crippen LogP) is 1.25. The lowest BCUT2D eigenvalue weighted by Gasteiger charge is -2.13. The fourth-order valence-corrected chi connectivity index (χ4v) is 0.862. The van der Waals surface area contributed by atoms with Crippen LogP contribution in [0.15, 0.2) is 0 Å².